The first-order valence-electron chi connectivity index (χ1n) is 11.7. The Balaban J connectivity index is 1.28. The van der Waals surface area contributed by atoms with E-state index >= 15 is 0 Å². The second kappa shape index (κ2) is 10.6. The largest absolute Gasteiger partial charge is 0.416 e. The van der Waals surface area contributed by atoms with Gasteiger partial charge in [-0.2, -0.15) is 17.5 Å². The molecule has 37 heavy (non-hydrogen) atoms. The average molecular weight is 536 g/mol. The molecule has 198 valence electrons. The summed E-state index contributed by atoms with van der Waals surface area (Å²) in [6, 6.07) is 12.2. The number of aryl methyl sites for hydroxylation is 1. The van der Waals surface area contributed by atoms with Crippen LogP contribution < -0.4 is 10.6 Å². The number of anilines is 1. The normalized spacial score (nSPS) is 16.9. The van der Waals surface area contributed by atoms with Crippen LogP contribution in [0.15, 0.2) is 59.5 Å². The molecule has 2 N–H and O–H groups in total. The van der Waals surface area contributed by atoms with Crippen LogP contribution in [0.5, 0.6) is 0 Å². The predicted molar refractivity (Wildman–Crippen MR) is 135 cm³/mol. The molecule has 1 aromatic heterocycles. The minimum absolute atomic E-state index is 0.182. The van der Waals surface area contributed by atoms with E-state index in [4.69, 9.17) is 0 Å². The number of nitrogens with one attached hydrogen (secondary N) is 2. The minimum Gasteiger partial charge on any atom is -0.337 e. The zero-order valence-corrected chi connectivity index (χ0v) is 21.2. The molecule has 4 rings (SSSR count). The van der Waals surface area contributed by atoms with Crippen molar-refractivity contribution in [2.45, 2.75) is 30.5 Å². The number of hydrogen-bond donors (Lipinski definition) is 2. The van der Waals surface area contributed by atoms with E-state index in [1.165, 1.54) is 11.4 Å². The Morgan fingerprint density at radius 1 is 1.16 bits per heavy atom. The van der Waals surface area contributed by atoms with E-state index < -0.39 is 21.8 Å². The fourth-order valence-corrected chi connectivity index (χ4v) is 5.77. The maximum Gasteiger partial charge on any atom is 0.416 e. The number of halogens is 3. The van der Waals surface area contributed by atoms with Gasteiger partial charge in [0, 0.05) is 43.8 Å². The van der Waals surface area contributed by atoms with Gasteiger partial charge in [-0.15, -0.1) is 0 Å². The number of likely N-dealkylation sites (tertiary alicyclic amines) is 1. The van der Waals surface area contributed by atoms with Gasteiger partial charge in [-0.3, -0.25) is 9.88 Å². The lowest BCUT2D eigenvalue weighted by molar-refractivity contribution is -0.137. The lowest BCUT2D eigenvalue weighted by atomic mass is 10.1. The molecule has 0 bridgehead atoms. The third kappa shape index (κ3) is 6.20. The molecule has 0 radical (unpaired) electrons. The maximum atomic E-state index is 12.9. The number of fused-ring (bicyclic) bond motifs is 1. The number of benzene rings is 2. The summed E-state index contributed by atoms with van der Waals surface area (Å²) in [5.41, 5.74) is 1.34. The van der Waals surface area contributed by atoms with Gasteiger partial charge in [0.2, 0.25) is 10.0 Å². The molecule has 2 heterocycles. The zero-order valence-electron chi connectivity index (χ0n) is 20.4. The summed E-state index contributed by atoms with van der Waals surface area (Å²) in [6.45, 7) is 3.82. The number of rotatable bonds is 7. The summed E-state index contributed by atoms with van der Waals surface area (Å²) in [7, 11) is -2.51. The first kappa shape index (κ1) is 26.8. The first-order valence-corrected chi connectivity index (χ1v) is 13.2. The second-order valence-electron chi connectivity index (χ2n) is 9.00. The van der Waals surface area contributed by atoms with Gasteiger partial charge in [0.1, 0.15) is 0 Å². The molecule has 1 fully saturated rings. The van der Waals surface area contributed by atoms with E-state index in [0.29, 0.717) is 38.3 Å². The van der Waals surface area contributed by atoms with E-state index in [0.717, 1.165) is 40.9 Å². The van der Waals surface area contributed by atoms with Crippen LogP contribution in [0.2, 0.25) is 0 Å². The van der Waals surface area contributed by atoms with Gasteiger partial charge < -0.3 is 10.6 Å². The SMILES string of the molecule is Cc1cc(NC(=O)NCCN2CCC(N(C)S(=O)(=O)c3ccc(C(F)(F)F)cc3)C2)c2ccccc2n1. The molecule has 0 saturated carbocycles. The Kier molecular flexibility index (Phi) is 7.72. The fraction of sp³-hybridized carbons (Fsp3) is 0.360. The van der Waals surface area contributed by atoms with Gasteiger partial charge in [-0.25, -0.2) is 13.2 Å². The first-order chi connectivity index (χ1) is 17.4. The number of sulfonamides is 1. The van der Waals surface area contributed by atoms with Crippen LogP contribution in [-0.4, -0.2) is 67.9 Å². The molecule has 8 nitrogen and oxygen atoms in total. The zero-order chi connectivity index (χ0) is 26.8. The van der Waals surface area contributed by atoms with Crippen molar-refractivity contribution in [1.29, 1.82) is 0 Å². The van der Waals surface area contributed by atoms with Gasteiger partial charge >= 0.3 is 12.2 Å². The molecule has 2 amide bonds. The number of hydrogen-bond acceptors (Lipinski definition) is 5. The highest BCUT2D eigenvalue weighted by molar-refractivity contribution is 7.89. The monoisotopic (exact) mass is 535 g/mol. The van der Waals surface area contributed by atoms with Gasteiger partial charge in [0.25, 0.3) is 0 Å². The summed E-state index contributed by atoms with van der Waals surface area (Å²) in [5.74, 6) is 0. The molecule has 2 aromatic carbocycles. The minimum atomic E-state index is -4.53. The molecule has 0 aliphatic carbocycles. The third-order valence-corrected chi connectivity index (χ3v) is 8.35. The van der Waals surface area contributed by atoms with E-state index in [1.54, 1.807) is 6.07 Å². The number of pyridine rings is 1. The van der Waals surface area contributed by atoms with Crippen LogP contribution in [0.3, 0.4) is 0 Å². The van der Waals surface area contributed by atoms with Gasteiger partial charge in [-0.05, 0) is 56.3 Å². The van der Waals surface area contributed by atoms with Gasteiger partial charge in [0.05, 0.1) is 21.7 Å². The topological polar surface area (TPSA) is 94.6 Å². The summed E-state index contributed by atoms with van der Waals surface area (Å²) >= 11 is 0. The Morgan fingerprint density at radius 2 is 1.86 bits per heavy atom. The number of nitrogens with zero attached hydrogens (tertiary/aromatic N) is 3. The number of urea groups is 1. The molecule has 0 spiro atoms. The van der Waals surface area contributed by atoms with Crippen molar-refractivity contribution in [2.75, 3.05) is 38.5 Å². The molecule has 1 saturated heterocycles. The smallest absolute Gasteiger partial charge is 0.337 e. The van der Waals surface area contributed by atoms with Crippen LogP contribution in [0.4, 0.5) is 23.7 Å². The molecular weight excluding hydrogens is 507 g/mol. The molecule has 1 atom stereocenters. The van der Waals surface area contributed by atoms with Gasteiger partial charge in [0.15, 0.2) is 0 Å². The maximum absolute atomic E-state index is 12.9. The van der Waals surface area contributed by atoms with Crippen molar-refractivity contribution < 1.29 is 26.4 Å². The van der Waals surface area contributed by atoms with Crippen molar-refractivity contribution in [3.05, 3.63) is 65.9 Å². The lowest BCUT2D eigenvalue weighted by Gasteiger charge is -2.24. The third-order valence-electron chi connectivity index (χ3n) is 6.43. The number of aromatic nitrogens is 1. The van der Waals surface area contributed by atoms with Crippen LogP contribution in [-0.2, 0) is 16.2 Å². The molecular formula is C25H28F3N5O3S. The summed E-state index contributed by atoms with van der Waals surface area (Å²) in [4.78, 5) is 18.8. The number of amides is 2. The number of carbonyl (C=O) groups is 1. The summed E-state index contributed by atoms with van der Waals surface area (Å²) in [6.07, 6.45) is -3.96. The molecule has 12 heteroatoms. The summed E-state index contributed by atoms with van der Waals surface area (Å²) in [5, 5.41) is 6.52. The number of alkyl halides is 3. The lowest BCUT2D eigenvalue weighted by Crippen LogP contribution is -2.40. The Labute approximate surface area is 213 Å². The average Bonchev–Trinajstić information content (AvgIpc) is 3.31. The Morgan fingerprint density at radius 3 is 2.57 bits per heavy atom. The van der Waals surface area contributed by atoms with E-state index in [9.17, 15) is 26.4 Å². The highest BCUT2D eigenvalue weighted by atomic mass is 32.2. The Bertz CT molecular complexity index is 1380. The van der Waals surface area contributed by atoms with E-state index in [1.807, 2.05) is 36.1 Å². The van der Waals surface area contributed by atoms with Crippen molar-refractivity contribution in [3.8, 4) is 0 Å². The molecule has 1 aliphatic heterocycles. The fourth-order valence-electron chi connectivity index (χ4n) is 4.40. The molecule has 1 unspecified atom stereocenters. The van der Waals surface area contributed by atoms with Crippen molar-refractivity contribution in [1.82, 2.24) is 19.5 Å². The highest BCUT2D eigenvalue weighted by Crippen LogP contribution is 2.30. The number of para-hydroxylation sites is 1. The van der Waals surface area contributed by atoms with Gasteiger partial charge in [-0.1, -0.05) is 18.2 Å². The quantitative estimate of drug-likeness (QED) is 0.476. The highest BCUT2D eigenvalue weighted by Gasteiger charge is 2.34. The number of carbonyl (C=O) groups excluding carboxylic acids is 1. The van der Waals surface area contributed by atoms with Crippen molar-refractivity contribution in [3.63, 3.8) is 0 Å². The van der Waals surface area contributed by atoms with Crippen LogP contribution >= 0.6 is 0 Å². The Hall–Kier alpha value is -3.22. The number of likely N-dealkylation sites (N-methyl/N-ethyl adjacent to an activating group) is 1. The summed E-state index contributed by atoms with van der Waals surface area (Å²) < 4.78 is 65.5. The predicted octanol–water partition coefficient (Wildman–Crippen LogP) is 4.08. The van der Waals surface area contributed by atoms with Crippen molar-refractivity contribution in [2.24, 2.45) is 0 Å². The van der Waals surface area contributed by atoms with E-state index in [2.05, 4.69) is 15.6 Å². The molecule has 3 aromatic rings. The van der Waals surface area contributed by atoms with Crippen LogP contribution in [0, 0.1) is 6.92 Å². The van der Waals surface area contributed by atoms with Crippen LogP contribution in [0.1, 0.15) is 17.7 Å². The molecule has 1 aliphatic rings. The van der Waals surface area contributed by atoms with Crippen LogP contribution in [0.25, 0.3) is 10.9 Å². The van der Waals surface area contributed by atoms with Crippen molar-refractivity contribution >= 4 is 32.6 Å². The standard InChI is InChI=1S/C25H28F3N5O3S/c1-17-15-23(21-5-3-4-6-22(21)30-17)31-24(34)29-12-14-33-13-11-19(16-33)32(2)37(35,36)20-9-7-18(8-10-20)25(26,27)28/h3-10,15,19H,11-14,16H2,1-2H3,(H2,29,30,31,34). The van der Waals surface area contributed by atoms with E-state index in [-0.39, 0.29) is 17.0 Å². The second-order valence-corrected chi connectivity index (χ2v) is 11.0.